The highest BCUT2D eigenvalue weighted by Crippen LogP contribution is 2.24. The van der Waals surface area contributed by atoms with Gasteiger partial charge in [0.2, 0.25) is 0 Å². The molecule has 0 aliphatic heterocycles. The molecule has 1 aromatic heterocycles. The van der Waals surface area contributed by atoms with Crippen molar-refractivity contribution in [2.45, 2.75) is 39.5 Å². The number of hydrogen-bond acceptors (Lipinski definition) is 3. The molecule has 0 aliphatic carbocycles. The summed E-state index contributed by atoms with van der Waals surface area (Å²) in [7, 11) is 0. The summed E-state index contributed by atoms with van der Waals surface area (Å²) >= 11 is 3.61. The van der Waals surface area contributed by atoms with E-state index in [-0.39, 0.29) is 0 Å². The topological polar surface area (TPSA) is 37.8 Å². The van der Waals surface area contributed by atoms with E-state index in [4.69, 9.17) is 0 Å². The molecular formula is C17H22BrN3. The lowest BCUT2D eigenvalue weighted by atomic mass is 10.1. The molecule has 0 radical (unpaired) electrons. The Kier molecular flexibility index (Phi) is 6.18. The first-order chi connectivity index (χ1) is 10.2. The maximum Gasteiger partial charge on any atom is 0.144 e. The van der Waals surface area contributed by atoms with Crippen molar-refractivity contribution >= 4 is 21.7 Å². The second-order valence-corrected chi connectivity index (χ2v) is 5.81. The van der Waals surface area contributed by atoms with Crippen molar-refractivity contribution in [3.05, 3.63) is 51.9 Å². The van der Waals surface area contributed by atoms with Crippen molar-refractivity contribution in [3.63, 3.8) is 0 Å². The van der Waals surface area contributed by atoms with Crippen molar-refractivity contribution in [3.8, 4) is 0 Å². The summed E-state index contributed by atoms with van der Waals surface area (Å²) in [5, 5.41) is 3.38. The van der Waals surface area contributed by atoms with Gasteiger partial charge in [-0.15, -0.1) is 0 Å². The predicted molar refractivity (Wildman–Crippen MR) is 91.7 cm³/mol. The maximum atomic E-state index is 4.68. The summed E-state index contributed by atoms with van der Waals surface area (Å²) in [6.45, 7) is 5.20. The lowest BCUT2D eigenvalue weighted by molar-refractivity contribution is 0.824. The summed E-state index contributed by atoms with van der Waals surface area (Å²) in [5.41, 5.74) is 2.40. The summed E-state index contributed by atoms with van der Waals surface area (Å²) in [6.07, 6.45) is 3.82. The quantitative estimate of drug-likeness (QED) is 0.805. The van der Waals surface area contributed by atoms with E-state index in [2.05, 4.69) is 69.3 Å². The number of halogens is 1. The molecule has 4 heteroatoms. The van der Waals surface area contributed by atoms with Gasteiger partial charge < -0.3 is 5.32 Å². The fourth-order valence-electron chi connectivity index (χ4n) is 2.15. The molecule has 1 heterocycles. The summed E-state index contributed by atoms with van der Waals surface area (Å²) in [4.78, 5) is 9.34. The van der Waals surface area contributed by atoms with Gasteiger partial charge in [-0.1, -0.05) is 44.2 Å². The Balaban J connectivity index is 2.14. The van der Waals surface area contributed by atoms with Gasteiger partial charge in [0.1, 0.15) is 11.6 Å². The average molecular weight is 348 g/mol. The normalized spacial score (nSPS) is 10.6. The average Bonchev–Trinajstić information content (AvgIpc) is 2.53. The Morgan fingerprint density at radius 3 is 2.48 bits per heavy atom. The van der Waals surface area contributed by atoms with Crippen LogP contribution in [0.1, 0.15) is 37.4 Å². The second kappa shape index (κ2) is 8.13. The third-order valence-corrected chi connectivity index (χ3v) is 4.16. The summed E-state index contributed by atoms with van der Waals surface area (Å²) < 4.78 is 1.00. The van der Waals surface area contributed by atoms with Crippen molar-refractivity contribution in [1.29, 1.82) is 0 Å². The molecule has 112 valence electrons. The van der Waals surface area contributed by atoms with E-state index in [9.17, 15) is 0 Å². The third-order valence-electron chi connectivity index (χ3n) is 3.32. The fourth-order valence-corrected chi connectivity index (χ4v) is 2.75. The van der Waals surface area contributed by atoms with Gasteiger partial charge in [0, 0.05) is 13.0 Å². The first-order valence-electron chi connectivity index (χ1n) is 7.57. The number of rotatable bonds is 7. The zero-order valence-electron chi connectivity index (χ0n) is 12.7. The Hall–Kier alpha value is -1.42. The van der Waals surface area contributed by atoms with E-state index in [1.807, 2.05) is 6.07 Å². The van der Waals surface area contributed by atoms with Crippen molar-refractivity contribution in [2.75, 3.05) is 11.9 Å². The van der Waals surface area contributed by atoms with Crippen LogP contribution in [-0.4, -0.2) is 16.5 Å². The van der Waals surface area contributed by atoms with E-state index in [1.54, 1.807) is 0 Å². The largest absolute Gasteiger partial charge is 0.369 e. The van der Waals surface area contributed by atoms with Crippen LogP contribution < -0.4 is 5.32 Å². The number of benzene rings is 1. The zero-order valence-corrected chi connectivity index (χ0v) is 14.3. The smallest absolute Gasteiger partial charge is 0.144 e. The first kappa shape index (κ1) is 16.0. The van der Waals surface area contributed by atoms with Crippen LogP contribution in [0.25, 0.3) is 0 Å². The number of nitrogens with zero attached hydrogens (tertiary/aromatic N) is 2. The van der Waals surface area contributed by atoms with Crippen LogP contribution in [0, 0.1) is 0 Å². The molecule has 0 bridgehead atoms. The molecule has 1 aromatic carbocycles. The van der Waals surface area contributed by atoms with E-state index in [1.165, 1.54) is 5.56 Å². The number of hydrogen-bond donors (Lipinski definition) is 1. The lowest BCUT2D eigenvalue weighted by Crippen LogP contribution is -2.09. The third kappa shape index (κ3) is 4.53. The monoisotopic (exact) mass is 347 g/mol. The molecule has 1 N–H and O–H groups in total. The minimum atomic E-state index is 0.866. The molecular weight excluding hydrogens is 326 g/mol. The molecule has 0 atom stereocenters. The molecule has 0 saturated heterocycles. The highest BCUT2D eigenvalue weighted by atomic mass is 79.9. The molecule has 0 unspecified atom stereocenters. The number of aromatic nitrogens is 2. The van der Waals surface area contributed by atoms with Crippen molar-refractivity contribution in [2.24, 2.45) is 0 Å². The highest BCUT2D eigenvalue weighted by Gasteiger charge is 2.10. The molecule has 0 aliphatic rings. The lowest BCUT2D eigenvalue weighted by Gasteiger charge is -2.12. The molecule has 0 fully saturated rings. The molecule has 21 heavy (non-hydrogen) atoms. The van der Waals surface area contributed by atoms with Crippen LogP contribution in [0.5, 0.6) is 0 Å². The molecule has 3 nitrogen and oxygen atoms in total. The van der Waals surface area contributed by atoms with Crippen LogP contribution in [0.3, 0.4) is 0 Å². The van der Waals surface area contributed by atoms with E-state index in [0.717, 1.165) is 54.0 Å². The van der Waals surface area contributed by atoms with Gasteiger partial charge in [0.05, 0.1) is 10.2 Å². The van der Waals surface area contributed by atoms with Crippen LogP contribution in [-0.2, 0) is 19.3 Å². The van der Waals surface area contributed by atoms with Crippen LogP contribution in [0.2, 0.25) is 0 Å². The minimum Gasteiger partial charge on any atom is -0.369 e. The summed E-state index contributed by atoms with van der Waals surface area (Å²) in [5.74, 6) is 1.84. The minimum absolute atomic E-state index is 0.866. The van der Waals surface area contributed by atoms with Gasteiger partial charge in [0.15, 0.2) is 0 Å². The van der Waals surface area contributed by atoms with Crippen molar-refractivity contribution < 1.29 is 0 Å². The number of aryl methyl sites for hydroxylation is 3. The second-order valence-electron chi connectivity index (χ2n) is 5.02. The van der Waals surface area contributed by atoms with Crippen LogP contribution >= 0.6 is 15.9 Å². The Labute approximate surface area is 135 Å². The zero-order chi connectivity index (χ0) is 15.1. The van der Waals surface area contributed by atoms with Gasteiger partial charge in [-0.25, -0.2) is 9.97 Å². The van der Waals surface area contributed by atoms with Crippen LogP contribution in [0.15, 0.2) is 34.8 Å². The fraction of sp³-hybridized carbons (Fsp3) is 0.412. The van der Waals surface area contributed by atoms with Crippen LogP contribution in [0.4, 0.5) is 5.82 Å². The molecule has 2 rings (SSSR count). The van der Waals surface area contributed by atoms with Gasteiger partial charge in [-0.2, -0.15) is 0 Å². The maximum absolute atomic E-state index is 4.68. The van der Waals surface area contributed by atoms with E-state index in [0.29, 0.717) is 0 Å². The predicted octanol–water partition coefficient (Wildman–Crippen LogP) is 4.41. The molecule has 0 saturated carbocycles. The molecule has 0 amide bonds. The van der Waals surface area contributed by atoms with Crippen molar-refractivity contribution in [1.82, 2.24) is 9.97 Å². The summed E-state index contributed by atoms with van der Waals surface area (Å²) in [6, 6.07) is 10.5. The van der Waals surface area contributed by atoms with Gasteiger partial charge in [0.25, 0.3) is 0 Å². The van der Waals surface area contributed by atoms with Gasteiger partial charge in [-0.3, -0.25) is 0 Å². The Morgan fingerprint density at radius 2 is 1.81 bits per heavy atom. The highest BCUT2D eigenvalue weighted by molar-refractivity contribution is 9.10. The molecule has 2 aromatic rings. The Morgan fingerprint density at radius 1 is 1.05 bits per heavy atom. The van der Waals surface area contributed by atoms with E-state index >= 15 is 0 Å². The van der Waals surface area contributed by atoms with E-state index < -0.39 is 0 Å². The number of nitrogens with one attached hydrogen (secondary N) is 1. The SMILES string of the molecule is CCCNc1nc(CCc2ccccc2)nc(CC)c1Br. The molecule has 0 spiro atoms. The van der Waals surface area contributed by atoms with Gasteiger partial charge >= 0.3 is 0 Å². The first-order valence-corrected chi connectivity index (χ1v) is 8.37. The Bertz CT molecular complexity index is 570. The number of anilines is 1. The standard InChI is InChI=1S/C17H22BrN3/c1-3-12-19-17-16(18)14(4-2)20-15(21-17)11-10-13-8-6-5-7-9-13/h5-9H,3-4,10-12H2,1-2H3,(H,19,20,21). The van der Waals surface area contributed by atoms with Gasteiger partial charge in [-0.05, 0) is 40.8 Å².